The SMILES string of the molecule is C=C(C)C[N+]1(C)CCC23C=C[C@@H](O)C[C@H]2Oc2c(OC)cc(C)c(c23)C1.[Cl-]. The van der Waals surface area contributed by atoms with Crippen molar-refractivity contribution in [1.29, 1.82) is 0 Å². The Kier molecular flexibility index (Phi) is 5.13. The largest absolute Gasteiger partial charge is 1.00 e. The van der Waals surface area contributed by atoms with Crippen LogP contribution in [0, 0.1) is 6.92 Å². The molecule has 148 valence electrons. The molecule has 0 saturated carbocycles. The Morgan fingerprint density at radius 2 is 2.22 bits per heavy atom. The average Bonchev–Trinajstić information content (AvgIpc) is 2.82. The van der Waals surface area contributed by atoms with Gasteiger partial charge < -0.3 is 31.5 Å². The minimum Gasteiger partial charge on any atom is -1.00 e. The summed E-state index contributed by atoms with van der Waals surface area (Å²) in [6.07, 6.45) is 5.37. The third kappa shape index (κ3) is 3.08. The van der Waals surface area contributed by atoms with E-state index in [4.69, 9.17) is 9.47 Å². The Balaban J connectivity index is 0.00000210. The maximum atomic E-state index is 10.2. The van der Waals surface area contributed by atoms with Gasteiger partial charge in [0, 0.05) is 24.0 Å². The zero-order valence-electron chi connectivity index (χ0n) is 16.7. The molecule has 0 bridgehead atoms. The molecule has 3 aliphatic rings. The Bertz CT molecular complexity index is 805. The van der Waals surface area contributed by atoms with Crippen LogP contribution in [0.2, 0.25) is 0 Å². The van der Waals surface area contributed by atoms with Gasteiger partial charge in [0.1, 0.15) is 12.6 Å². The Labute approximate surface area is 168 Å². The zero-order chi connectivity index (χ0) is 18.7. The van der Waals surface area contributed by atoms with E-state index in [9.17, 15) is 5.11 Å². The predicted octanol–water partition coefficient (Wildman–Crippen LogP) is 0.254. The van der Waals surface area contributed by atoms with Crippen LogP contribution < -0.4 is 21.9 Å². The number of halogens is 1. The van der Waals surface area contributed by atoms with Crippen molar-refractivity contribution in [3.8, 4) is 11.5 Å². The fourth-order valence-electron chi connectivity index (χ4n) is 5.28. The zero-order valence-corrected chi connectivity index (χ0v) is 17.5. The second kappa shape index (κ2) is 6.84. The molecule has 0 aromatic heterocycles. The van der Waals surface area contributed by atoms with Crippen molar-refractivity contribution < 1.29 is 31.5 Å². The minimum absolute atomic E-state index is 0. The molecule has 1 N–H and O–H groups in total. The summed E-state index contributed by atoms with van der Waals surface area (Å²) in [5.41, 5.74) is 5.00. The van der Waals surface area contributed by atoms with Crippen molar-refractivity contribution >= 4 is 0 Å². The topological polar surface area (TPSA) is 38.7 Å². The van der Waals surface area contributed by atoms with Crippen LogP contribution in [0.5, 0.6) is 11.5 Å². The van der Waals surface area contributed by atoms with Crippen LogP contribution in [0.25, 0.3) is 0 Å². The highest BCUT2D eigenvalue weighted by molar-refractivity contribution is 5.63. The van der Waals surface area contributed by atoms with E-state index in [0.717, 1.165) is 42.0 Å². The molecule has 1 spiro atoms. The number of ether oxygens (including phenoxy) is 2. The van der Waals surface area contributed by atoms with E-state index in [1.54, 1.807) is 7.11 Å². The number of benzene rings is 1. The van der Waals surface area contributed by atoms with Gasteiger partial charge in [0.15, 0.2) is 11.5 Å². The maximum Gasteiger partial charge on any atom is 0.166 e. The maximum absolute atomic E-state index is 10.2. The minimum atomic E-state index is -0.435. The Morgan fingerprint density at radius 1 is 1.48 bits per heavy atom. The quantitative estimate of drug-likeness (QED) is 0.593. The van der Waals surface area contributed by atoms with Crippen LogP contribution in [-0.4, -0.2) is 49.0 Å². The molecule has 4 atom stereocenters. The Morgan fingerprint density at radius 3 is 2.89 bits per heavy atom. The number of likely N-dealkylation sites (N-methyl/N-ethyl adjacent to an activating group) is 1. The van der Waals surface area contributed by atoms with Gasteiger partial charge in [0.2, 0.25) is 0 Å². The van der Waals surface area contributed by atoms with Crippen LogP contribution in [-0.2, 0) is 12.0 Å². The van der Waals surface area contributed by atoms with E-state index in [1.807, 2.05) is 6.08 Å². The third-order valence-corrected chi connectivity index (χ3v) is 6.42. The summed E-state index contributed by atoms with van der Waals surface area (Å²) in [6, 6.07) is 2.11. The van der Waals surface area contributed by atoms with E-state index in [-0.39, 0.29) is 23.9 Å². The van der Waals surface area contributed by atoms with Crippen molar-refractivity contribution in [3.63, 3.8) is 0 Å². The van der Waals surface area contributed by atoms with Gasteiger partial charge in [-0.1, -0.05) is 18.7 Å². The molecule has 27 heavy (non-hydrogen) atoms. The highest BCUT2D eigenvalue weighted by Gasteiger charge is 2.55. The third-order valence-electron chi connectivity index (χ3n) is 6.42. The van der Waals surface area contributed by atoms with Crippen molar-refractivity contribution in [2.24, 2.45) is 0 Å². The van der Waals surface area contributed by atoms with E-state index in [2.05, 4.69) is 39.6 Å². The summed E-state index contributed by atoms with van der Waals surface area (Å²) in [6.45, 7) is 11.5. The first-order valence-corrected chi connectivity index (χ1v) is 9.51. The summed E-state index contributed by atoms with van der Waals surface area (Å²) >= 11 is 0. The average molecular weight is 392 g/mol. The summed E-state index contributed by atoms with van der Waals surface area (Å²) in [7, 11) is 4.04. The molecule has 4 rings (SSSR count). The fraction of sp³-hybridized carbons (Fsp3) is 0.545. The number of hydrogen-bond acceptors (Lipinski definition) is 3. The molecule has 5 heteroatoms. The molecular formula is C22H30ClNO3. The molecule has 1 aromatic carbocycles. The van der Waals surface area contributed by atoms with Gasteiger partial charge in [-0.15, -0.1) is 0 Å². The van der Waals surface area contributed by atoms with Gasteiger partial charge in [0.05, 0.1) is 38.8 Å². The van der Waals surface area contributed by atoms with Gasteiger partial charge in [-0.05, 0) is 31.1 Å². The van der Waals surface area contributed by atoms with Crippen LogP contribution in [0.1, 0.15) is 36.5 Å². The van der Waals surface area contributed by atoms with Crippen molar-refractivity contribution in [3.05, 3.63) is 47.1 Å². The van der Waals surface area contributed by atoms with Crippen LogP contribution in [0.3, 0.4) is 0 Å². The molecule has 4 nitrogen and oxygen atoms in total. The fourth-order valence-corrected chi connectivity index (χ4v) is 5.28. The van der Waals surface area contributed by atoms with E-state index >= 15 is 0 Å². The standard InChI is InChI=1S/C22H30NO3.ClH/c1-14(2)12-23(4)9-8-22-7-6-16(24)11-19(22)26-21-18(25-5)10-15(3)17(13-23)20(21)22;/h6-7,10,16,19,24H,1,8-9,11-13H2,2-5H3;1H/q+1;/p-1/t16-,19-,22?,23?;/m1./s1. The number of aliphatic hydroxyl groups is 1. The second-order valence-corrected chi connectivity index (χ2v) is 8.75. The van der Waals surface area contributed by atoms with Gasteiger partial charge in [-0.3, -0.25) is 0 Å². The molecule has 0 amide bonds. The molecule has 0 saturated heterocycles. The van der Waals surface area contributed by atoms with Gasteiger partial charge in [-0.25, -0.2) is 0 Å². The van der Waals surface area contributed by atoms with E-state index in [0.29, 0.717) is 6.42 Å². The first-order chi connectivity index (χ1) is 12.3. The number of aliphatic hydroxyl groups excluding tert-OH is 1. The molecule has 0 fully saturated rings. The number of nitrogens with zero attached hydrogens (tertiary/aromatic N) is 1. The highest BCUT2D eigenvalue weighted by Crippen LogP contribution is 2.57. The van der Waals surface area contributed by atoms with Gasteiger partial charge in [-0.2, -0.15) is 0 Å². The van der Waals surface area contributed by atoms with Crippen molar-refractivity contribution in [2.75, 3.05) is 27.2 Å². The molecule has 2 aliphatic heterocycles. The van der Waals surface area contributed by atoms with Gasteiger partial charge in [0.25, 0.3) is 0 Å². The summed E-state index contributed by atoms with van der Waals surface area (Å²) in [4.78, 5) is 0. The molecule has 1 aliphatic carbocycles. The molecule has 0 radical (unpaired) electrons. The van der Waals surface area contributed by atoms with E-state index < -0.39 is 6.10 Å². The number of hydrogen-bond donors (Lipinski definition) is 1. The number of quaternary nitrogens is 1. The molecule has 2 heterocycles. The summed E-state index contributed by atoms with van der Waals surface area (Å²) < 4.78 is 13.0. The first kappa shape index (κ1) is 20.2. The molecular weight excluding hydrogens is 362 g/mol. The number of aryl methyl sites for hydroxylation is 1. The lowest BCUT2D eigenvalue weighted by Gasteiger charge is -2.37. The number of methoxy groups -OCH3 is 1. The Hall–Kier alpha value is -1.49. The lowest BCUT2D eigenvalue weighted by molar-refractivity contribution is -0.918. The smallest absolute Gasteiger partial charge is 0.166 e. The molecule has 1 aromatic rings. The monoisotopic (exact) mass is 391 g/mol. The van der Waals surface area contributed by atoms with Crippen LogP contribution in [0.4, 0.5) is 0 Å². The summed E-state index contributed by atoms with van der Waals surface area (Å²) in [5, 5.41) is 10.2. The van der Waals surface area contributed by atoms with Crippen LogP contribution >= 0.6 is 0 Å². The van der Waals surface area contributed by atoms with Crippen molar-refractivity contribution in [1.82, 2.24) is 0 Å². The lowest BCUT2D eigenvalue weighted by Crippen LogP contribution is -3.00. The van der Waals surface area contributed by atoms with E-state index in [1.165, 1.54) is 22.3 Å². The highest BCUT2D eigenvalue weighted by atomic mass is 35.5. The van der Waals surface area contributed by atoms with Crippen LogP contribution in [0.15, 0.2) is 30.4 Å². The first-order valence-electron chi connectivity index (χ1n) is 9.51. The van der Waals surface area contributed by atoms with Gasteiger partial charge >= 0.3 is 0 Å². The molecule has 2 unspecified atom stereocenters. The summed E-state index contributed by atoms with van der Waals surface area (Å²) in [5.74, 6) is 1.70. The normalized spacial score (nSPS) is 33.2. The second-order valence-electron chi connectivity index (χ2n) is 8.75. The predicted molar refractivity (Wildman–Crippen MR) is 103 cm³/mol. The van der Waals surface area contributed by atoms with Crippen molar-refractivity contribution in [2.45, 2.75) is 50.9 Å². The lowest BCUT2D eigenvalue weighted by atomic mass is 9.68. The number of rotatable bonds is 3.